The van der Waals surface area contributed by atoms with Gasteiger partial charge in [0.2, 0.25) is 5.91 Å². The number of carbonyl (C=O) groups excluding carboxylic acids is 3. The smallest absolute Gasteiger partial charge is 0.347 e. The number of carbonyl (C=O) groups is 3. The molecule has 3 aromatic carbocycles. The molecule has 0 bridgehead atoms. The van der Waals surface area contributed by atoms with Crippen molar-refractivity contribution in [3.63, 3.8) is 0 Å². The number of cyclic esters (lactones) is 2. The second kappa shape index (κ2) is 7.82. The molecule has 1 amide bonds. The van der Waals surface area contributed by atoms with Crippen LogP contribution in [0.4, 0.5) is 5.69 Å². The van der Waals surface area contributed by atoms with Gasteiger partial charge in [0.25, 0.3) is 0 Å². The topological polar surface area (TPSA) is 81.7 Å². The number of hydrogen-bond acceptors (Lipinski definition) is 5. The van der Waals surface area contributed by atoms with Gasteiger partial charge in [-0.25, -0.2) is 9.59 Å². The summed E-state index contributed by atoms with van der Waals surface area (Å²) in [5.41, 5.74) is 1.96. The maximum Gasteiger partial charge on any atom is 0.347 e. The maximum atomic E-state index is 12.0. The largest absolute Gasteiger partial charge is 0.457 e. The molecule has 1 aliphatic rings. The Hall–Kier alpha value is -4.19. The highest BCUT2D eigenvalue weighted by molar-refractivity contribution is 6.14. The maximum absolute atomic E-state index is 12.0. The van der Waals surface area contributed by atoms with E-state index in [1.54, 1.807) is 36.4 Å². The van der Waals surface area contributed by atoms with Gasteiger partial charge in [0.1, 0.15) is 11.5 Å². The Morgan fingerprint density at radius 1 is 0.828 bits per heavy atom. The van der Waals surface area contributed by atoms with Gasteiger partial charge in [-0.3, -0.25) is 4.79 Å². The molecule has 0 unspecified atom stereocenters. The fraction of sp³-hybridized carbons (Fsp3) is 0. The number of ether oxygens (including phenoxy) is 2. The molecule has 1 heterocycles. The Labute approximate surface area is 166 Å². The number of nitrogens with one attached hydrogen (secondary N) is 1. The average Bonchev–Trinajstić information content (AvgIpc) is 3.02. The van der Waals surface area contributed by atoms with Gasteiger partial charge in [0.05, 0.1) is 11.1 Å². The summed E-state index contributed by atoms with van der Waals surface area (Å²) in [6, 6.07) is 20.9. The lowest BCUT2D eigenvalue weighted by Crippen LogP contribution is -2.07. The van der Waals surface area contributed by atoms with Gasteiger partial charge in [0.15, 0.2) is 0 Å². The van der Waals surface area contributed by atoms with E-state index in [-0.39, 0.29) is 17.0 Å². The fourth-order valence-electron chi connectivity index (χ4n) is 2.79. The highest BCUT2D eigenvalue weighted by atomic mass is 16.6. The van der Waals surface area contributed by atoms with Crippen molar-refractivity contribution in [1.82, 2.24) is 0 Å². The van der Waals surface area contributed by atoms with E-state index in [9.17, 15) is 14.4 Å². The first-order chi connectivity index (χ1) is 14.1. The first kappa shape index (κ1) is 18.2. The van der Waals surface area contributed by atoms with E-state index < -0.39 is 11.9 Å². The van der Waals surface area contributed by atoms with Crippen LogP contribution in [-0.2, 0) is 9.53 Å². The van der Waals surface area contributed by atoms with Gasteiger partial charge in [-0.15, -0.1) is 0 Å². The third kappa shape index (κ3) is 4.22. The van der Waals surface area contributed by atoms with Crippen LogP contribution < -0.4 is 10.1 Å². The molecule has 0 fully saturated rings. The van der Waals surface area contributed by atoms with Crippen molar-refractivity contribution in [2.75, 3.05) is 5.32 Å². The summed E-state index contributed by atoms with van der Waals surface area (Å²) in [5.74, 6) is -0.669. The number of fused-ring (bicyclic) bond motifs is 1. The molecule has 142 valence electrons. The summed E-state index contributed by atoms with van der Waals surface area (Å²) >= 11 is 0. The molecular weight excluding hydrogens is 370 g/mol. The van der Waals surface area contributed by atoms with E-state index in [1.165, 1.54) is 18.2 Å². The van der Waals surface area contributed by atoms with Gasteiger partial charge in [-0.1, -0.05) is 30.3 Å². The predicted octanol–water partition coefficient (Wildman–Crippen LogP) is 4.44. The summed E-state index contributed by atoms with van der Waals surface area (Å²) in [5, 5.41) is 2.77. The van der Waals surface area contributed by atoms with Crippen molar-refractivity contribution in [2.45, 2.75) is 0 Å². The molecule has 4 rings (SSSR count). The van der Waals surface area contributed by atoms with Crippen LogP contribution in [0.2, 0.25) is 0 Å². The van der Waals surface area contributed by atoms with Crippen molar-refractivity contribution in [1.29, 1.82) is 0 Å². The molecular formula is C23H15NO5. The van der Waals surface area contributed by atoms with Crippen LogP contribution in [0.1, 0.15) is 26.3 Å². The zero-order valence-electron chi connectivity index (χ0n) is 15.1. The Bertz CT molecular complexity index is 1120. The third-order valence-corrected chi connectivity index (χ3v) is 4.20. The van der Waals surface area contributed by atoms with E-state index >= 15 is 0 Å². The molecule has 1 N–H and O–H groups in total. The van der Waals surface area contributed by atoms with Gasteiger partial charge in [-0.05, 0) is 54.1 Å². The van der Waals surface area contributed by atoms with Crippen LogP contribution in [0.5, 0.6) is 11.5 Å². The molecule has 0 radical (unpaired) electrons. The number of amides is 1. The van der Waals surface area contributed by atoms with Crippen LogP contribution >= 0.6 is 0 Å². The van der Waals surface area contributed by atoms with Gasteiger partial charge in [0, 0.05) is 11.8 Å². The minimum atomic E-state index is -0.683. The van der Waals surface area contributed by atoms with E-state index in [2.05, 4.69) is 10.1 Å². The Balaban J connectivity index is 1.39. The van der Waals surface area contributed by atoms with E-state index in [0.717, 1.165) is 5.56 Å². The molecule has 1 aliphatic heterocycles. The second-order valence-corrected chi connectivity index (χ2v) is 6.24. The Morgan fingerprint density at radius 3 is 2.28 bits per heavy atom. The number of rotatable bonds is 5. The Kier molecular flexibility index (Phi) is 4.90. The summed E-state index contributed by atoms with van der Waals surface area (Å²) in [7, 11) is 0. The zero-order valence-corrected chi connectivity index (χ0v) is 15.1. The number of benzene rings is 3. The quantitative estimate of drug-likeness (QED) is 0.399. The summed E-state index contributed by atoms with van der Waals surface area (Å²) < 4.78 is 10.3. The van der Waals surface area contributed by atoms with Crippen LogP contribution in [-0.4, -0.2) is 17.8 Å². The van der Waals surface area contributed by atoms with E-state index in [1.807, 2.05) is 30.3 Å². The van der Waals surface area contributed by atoms with Crippen molar-refractivity contribution in [3.8, 4) is 11.5 Å². The summed E-state index contributed by atoms with van der Waals surface area (Å²) in [4.78, 5) is 35.1. The summed E-state index contributed by atoms with van der Waals surface area (Å²) in [6.45, 7) is 0. The van der Waals surface area contributed by atoms with E-state index in [0.29, 0.717) is 17.2 Å². The highest BCUT2D eigenvalue weighted by Gasteiger charge is 2.29. The average molecular weight is 385 g/mol. The van der Waals surface area contributed by atoms with E-state index in [4.69, 9.17) is 4.74 Å². The van der Waals surface area contributed by atoms with Crippen LogP contribution in [0, 0.1) is 0 Å². The fourth-order valence-corrected chi connectivity index (χ4v) is 2.79. The van der Waals surface area contributed by atoms with Crippen LogP contribution in [0.25, 0.3) is 6.08 Å². The minimum Gasteiger partial charge on any atom is -0.457 e. The van der Waals surface area contributed by atoms with Crippen molar-refractivity contribution in [2.24, 2.45) is 0 Å². The third-order valence-electron chi connectivity index (χ3n) is 4.20. The van der Waals surface area contributed by atoms with Crippen molar-refractivity contribution < 1.29 is 23.9 Å². The van der Waals surface area contributed by atoms with Crippen LogP contribution in [0.15, 0.2) is 78.9 Å². The van der Waals surface area contributed by atoms with Gasteiger partial charge in [-0.2, -0.15) is 0 Å². The molecule has 0 saturated heterocycles. The zero-order chi connectivity index (χ0) is 20.2. The molecule has 3 aromatic rings. The second-order valence-electron chi connectivity index (χ2n) is 6.24. The minimum absolute atomic E-state index is 0.182. The van der Waals surface area contributed by atoms with Gasteiger partial charge < -0.3 is 14.8 Å². The lowest BCUT2D eigenvalue weighted by Gasteiger charge is -2.08. The molecule has 0 saturated carbocycles. The number of hydrogen-bond donors (Lipinski definition) is 1. The molecule has 29 heavy (non-hydrogen) atoms. The SMILES string of the molecule is O=C(/C=C/c1ccccc1)Nc1ccc(Oc2ccc3c(c2)C(=O)OC3=O)cc1. The van der Waals surface area contributed by atoms with Crippen molar-refractivity contribution >= 4 is 29.6 Å². The standard InChI is InChI=1S/C23H15NO5/c25-21(13-6-15-4-2-1-3-5-15)24-16-7-9-17(10-8-16)28-18-11-12-19-20(14-18)23(27)29-22(19)26/h1-14H,(H,24,25)/b13-6+. The van der Waals surface area contributed by atoms with Crippen molar-refractivity contribution in [3.05, 3.63) is 95.6 Å². The van der Waals surface area contributed by atoms with Gasteiger partial charge >= 0.3 is 11.9 Å². The number of esters is 2. The highest BCUT2D eigenvalue weighted by Crippen LogP contribution is 2.28. The molecule has 0 spiro atoms. The van der Waals surface area contributed by atoms with Crippen LogP contribution in [0.3, 0.4) is 0 Å². The first-order valence-corrected chi connectivity index (χ1v) is 8.81. The molecule has 0 aliphatic carbocycles. The first-order valence-electron chi connectivity index (χ1n) is 8.81. The predicted molar refractivity (Wildman–Crippen MR) is 107 cm³/mol. The molecule has 6 nitrogen and oxygen atoms in total. The monoisotopic (exact) mass is 385 g/mol. The number of anilines is 1. The summed E-state index contributed by atoms with van der Waals surface area (Å²) in [6.07, 6.45) is 3.20. The Morgan fingerprint density at radius 2 is 1.52 bits per heavy atom. The lowest BCUT2D eigenvalue weighted by atomic mass is 10.1. The molecule has 0 aromatic heterocycles. The normalized spacial score (nSPS) is 12.6. The molecule has 0 atom stereocenters. The molecule has 6 heteroatoms. The lowest BCUT2D eigenvalue weighted by molar-refractivity contribution is -0.111.